The van der Waals surface area contributed by atoms with Crippen LogP contribution in [0.3, 0.4) is 0 Å². The second-order valence-electron chi connectivity index (χ2n) is 10.6. The number of benzene rings is 1. The Bertz CT molecular complexity index is 1140. The Balaban J connectivity index is 1.34. The van der Waals surface area contributed by atoms with Crippen LogP contribution < -0.4 is 11.1 Å². The van der Waals surface area contributed by atoms with Crippen LogP contribution in [0.5, 0.6) is 0 Å². The van der Waals surface area contributed by atoms with Crippen LogP contribution in [0.4, 0.5) is 0 Å². The Hall–Kier alpha value is -2.61. The van der Waals surface area contributed by atoms with Gasteiger partial charge in [0.1, 0.15) is 12.6 Å². The Morgan fingerprint density at radius 1 is 1.27 bits per heavy atom. The van der Waals surface area contributed by atoms with Gasteiger partial charge in [0.2, 0.25) is 11.8 Å². The number of carbonyl (C=O) groups excluding carboxylic acids is 3. The van der Waals surface area contributed by atoms with Crippen LogP contribution in [0.15, 0.2) is 18.2 Å². The van der Waals surface area contributed by atoms with Crippen molar-refractivity contribution < 1.29 is 14.4 Å². The van der Waals surface area contributed by atoms with Gasteiger partial charge in [0.25, 0.3) is 5.91 Å². The summed E-state index contributed by atoms with van der Waals surface area (Å²) >= 11 is 6.14. The minimum Gasteiger partial charge on any atom is -0.364 e. The summed E-state index contributed by atoms with van der Waals surface area (Å²) in [4.78, 5) is 40.2. The van der Waals surface area contributed by atoms with Gasteiger partial charge >= 0.3 is 0 Å². The van der Waals surface area contributed by atoms with Crippen LogP contribution in [-0.4, -0.2) is 50.5 Å². The molecule has 2 aliphatic carbocycles. The van der Waals surface area contributed by atoms with Crippen LogP contribution in [0.1, 0.15) is 62.9 Å². The number of fused-ring (bicyclic) bond motifs is 2. The predicted octanol–water partition coefficient (Wildman–Crippen LogP) is 2.86. The number of nitrogens with one attached hydrogen (secondary N) is 1. The smallest absolute Gasteiger partial charge is 0.269 e. The van der Waals surface area contributed by atoms with Crippen molar-refractivity contribution in [1.82, 2.24) is 20.0 Å². The van der Waals surface area contributed by atoms with E-state index < -0.39 is 11.9 Å². The molecule has 3 fully saturated rings. The van der Waals surface area contributed by atoms with Crippen LogP contribution in [0.2, 0.25) is 5.02 Å². The van der Waals surface area contributed by atoms with Gasteiger partial charge in [0.15, 0.2) is 5.69 Å². The van der Waals surface area contributed by atoms with Crippen LogP contribution in [0, 0.1) is 11.3 Å². The van der Waals surface area contributed by atoms with Gasteiger partial charge in [-0.05, 0) is 61.6 Å². The molecule has 1 aliphatic heterocycles. The largest absolute Gasteiger partial charge is 0.364 e. The van der Waals surface area contributed by atoms with Crippen molar-refractivity contribution >= 4 is 40.2 Å². The number of hydrogen-bond donors (Lipinski definition) is 2. The SMILES string of the molecule is CC1(C)CCC[C@@H](NC(=O)[C@@H]2C[C@H]3CC3N2C(=O)Cn2nc(C(N)=O)c3ccc(Cl)cc32)C1. The van der Waals surface area contributed by atoms with Crippen molar-refractivity contribution in [3.63, 3.8) is 0 Å². The monoisotopic (exact) mass is 471 g/mol. The van der Waals surface area contributed by atoms with E-state index >= 15 is 0 Å². The summed E-state index contributed by atoms with van der Waals surface area (Å²) in [5.74, 6) is -0.504. The third kappa shape index (κ3) is 4.21. The topological polar surface area (TPSA) is 110 Å². The maximum atomic E-state index is 13.4. The zero-order chi connectivity index (χ0) is 23.5. The van der Waals surface area contributed by atoms with Crippen molar-refractivity contribution in [3.8, 4) is 0 Å². The van der Waals surface area contributed by atoms with Crippen molar-refractivity contribution in [2.45, 2.75) is 77.0 Å². The van der Waals surface area contributed by atoms with Crippen LogP contribution >= 0.6 is 11.6 Å². The number of nitrogens with zero attached hydrogens (tertiary/aromatic N) is 3. The summed E-state index contributed by atoms with van der Waals surface area (Å²) in [5.41, 5.74) is 6.39. The first-order chi connectivity index (χ1) is 15.6. The van der Waals surface area contributed by atoms with E-state index in [4.69, 9.17) is 17.3 Å². The quantitative estimate of drug-likeness (QED) is 0.698. The first-order valence-corrected chi connectivity index (χ1v) is 12.1. The molecule has 0 bridgehead atoms. The average molecular weight is 472 g/mol. The maximum absolute atomic E-state index is 13.4. The summed E-state index contributed by atoms with van der Waals surface area (Å²) in [6, 6.07) is 4.82. The molecule has 1 aromatic heterocycles. The fraction of sp³-hybridized carbons (Fsp3) is 0.583. The number of amides is 3. The highest BCUT2D eigenvalue weighted by molar-refractivity contribution is 6.31. The lowest BCUT2D eigenvalue weighted by atomic mass is 9.75. The molecule has 2 saturated carbocycles. The third-order valence-corrected chi connectivity index (χ3v) is 7.71. The molecule has 1 unspecified atom stereocenters. The number of carbonyl (C=O) groups is 3. The van der Waals surface area contributed by atoms with E-state index in [1.807, 2.05) is 0 Å². The van der Waals surface area contributed by atoms with E-state index in [9.17, 15) is 14.4 Å². The van der Waals surface area contributed by atoms with E-state index in [1.165, 1.54) is 11.1 Å². The zero-order valence-corrected chi connectivity index (χ0v) is 19.8. The fourth-order valence-electron chi connectivity index (χ4n) is 5.83. The molecular weight excluding hydrogens is 442 g/mol. The van der Waals surface area contributed by atoms with E-state index in [0.29, 0.717) is 28.3 Å². The van der Waals surface area contributed by atoms with E-state index in [2.05, 4.69) is 24.3 Å². The van der Waals surface area contributed by atoms with E-state index in [0.717, 1.165) is 25.7 Å². The maximum Gasteiger partial charge on any atom is 0.269 e. The highest BCUT2D eigenvalue weighted by atomic mass is 35.5. The van der Waals surface area contributed by atoms with Gasteiger partial charge in [-0.3, -0.25) is 19.1 Å². The molecule has 2 heterocycles. The molecule has 3 N–H and O–H groups in total. The number of likely N-dealkylation sites (tertiary alicyclic amines) is 1. The standard InChI is InChI=1S/C24H30ClN5O3/c1-24(2)7-3-4-15(11-24)27-23(33)19-9-13-8-17(13)30(19)20(31)12-29-18-10-14(25)5-6-16(18)21(28-29)22(26)32/h5-6,10,13,15,17,19H,3-4,7-9,11-12H2,1-2H3,(H2,26,32)(H,27,33)/t13-,15-,17?,19+/m1/s1. The normalized spacial score (nSPS) is 27.9. The number of hydrogen-bond acceptors (Lipinski definition) is 4. The average Bonchev–Trinajstić information content (AvgIpc) is 3.24. The minimum absolute atomic E-state index is 0.0514. The molecule has 9 heteroatoms. The second kappa shape index (κ2) is 8.01. The van der Waals surface area contributed by atoms with E-state index in [1.54, 1.807) is 23.1 Å². The molecule has 1 aromatic carbocycles. The molecule has 176 valence electrons. The fourth-order valence-corrected chi connectivity index (χ4v) is 5.99. The Morgan fingerprint density at radius 2 is 2.06 bits per heavy atom. The van der Waals surface area contributed by atoms with Gasteiger partial charge in [-0.1, -0.05) is 31.9 Å². The highest BCUT2D eigenvalue weighted by Crippen LogP contribution is 2.48. The number of rotatable bonds is 5. The minimum atomic E-state index is -0.662. The van der Waals surface area contributed by atoms with Gasteiger partial charge in [-0.25, -0.2) is 0 Å². The number of halogens is 1. The molecule has 1 saturated heterocycles. The van der Waals surface area contributed by atoms with Gasteiger partial charge in [0, 0.05) is 22.5 Å². The van der Waals surface area contributed by atoms with Crippen molar-refractivity contribution in [2.75, 3.05) is 0 Å². The van der Waals surface area contributed by atoms with Gasteiger partial charge < -0.3 is 16.0 Å². The molecule has 3 amide bonds. The molecule has 33 heavy (non-hydrogen) atoms. The number of primary amides is 1. The van der Waals surface area contributed by atoms with Gasteiger partial charge in [-0.15, -0.1) is 0 Å². The lowest BCUT2D eigenvalue weighted by Crippen LogP contribution is -2.52. The molecule has 8 nitrogen and oxygen atoms in total. The first kappa shape index (κ1) is 22.2. The Kier molecular flexibility index (Phi) is 5.39. The van der Waals surface area contributed by atoms with Crippen LogP contribution in [-0.2, 0) is 16.1 Å². The van der Waals surface area contributed by atoms with Gasteiger partial charge in [-0.2, -0.15) is 5.10 Å². The molecule has 4 atom stereocenters. The number of piperidine rings is 1. The third-order valence-electron chi connectivity index (χ3n) is 7.48. The summed E-state index contributed by atoms with van der Waals surface area (Å²) in [5, 5.41) is 8.55. The lowest BCUT2D eigenvalue weighted by Gasteiger charge is -2.36. The molecule has 5 rings (SSSR count). The van der Waals surface area contributed by atoms with Gasteiger partial charge in [0.05, 0.1) is 5.52 Å². The zero-order valence-electron chi connectivity index (χ0n) is 19.0. The Labute approximate surface area is 197 Å². The summed E-state index contributed by atoms with van der Waals surface area (Å²) in [6.45, 7) is 4.41. The second-order valence-corrected chi connectivity index (χ2v) is 11.1. The molecule has 0 radical (unpaired) electrons. The van der Waals surface area contributed by atoms with Crippen molar-refractivity contribution in [1.29, 1.82) is 0 Å². The van der Waals surface area contributed by atoms with Crippen LogP contribution in [0.25, 0.3) is 10.9 Å². The van der Waals surface area contributed by atoms with Crippen molar-refractivity contribution in [3.05, 3.63) is 28.9 Å². The first-order valence-electron chi connectivity index (χ1n) is 11.7. The Morgan fingerprint density at radius 3 is 2.79 bits per heavy atom. The van der Waals surface area contributed by atoms with Crippen molar-refractivity contribution in [2.24, 2.45) is 17.1 Å². The summed E-state index contributed by atoms with van der Waals surface area (Å²) < 4.78 is 1.47. The van der Waals surface area contributed by atoms with E-state index in [-0.39, 0.29) is 41.6 Å². The number of aromatic nitrogens is 2. The molecule has 2 aromatic rings. The summed E-state index contributed by atoms with van der Waals surface area (Å²) in [6.07, 6.45) is 5.86. The molecule has 3 aliphatic rings. The summed E-state index contributed by atoms with van der Waals surface area (Å²) in [7, 11) is 0. The predicted molar refractivity (Wildman–Crippen MR) is 125 cm³/mol. The lowest BCUT2D eigenvalue weighted by molar-refractivity contribution is -0.140. The number of nitrogens with two attached hydrogens (primary N) is 1. The molecule has 0 spiro atoms. The highest BCUT2D eigenvalue weighted by Gasteiger charge is 2.56. The molecular formula is C24H30ClN5O3.